The first-order chi connectivity index (χ1) is 13.4. The molecule has 9 heteroatoms. The van der Waals surface area contributed by atoms with Crippen LogP contribution in [0.3, 0.4) is 0 Å². The Kier molecular flexibility index (Phi) is 6.43. The SMILES string of the molecule is O=C(NC1CCCCC1)[C@H](c1cccs1)N(Cc1ccco1)C(=O)C(F)(F)F. The minimum absolute atomic E-state index is 0.0878. The summed E-state index contributed by atoms with van der Waals surface area (Å²) in [6.45, 7) is -0.452. The molecule has 2 aromatic rings. The molecule has 5 nitrogen and oxygen atoms in total. The van der Waals surface area contributed by atoms with Crippen molar-refractivity contribution in [2.45, 2.75) is 56.9 Å². The maximum absolute atomic E-state index is 13.3. The second kappa shape index (κ2) is 8.81. The van der Waals surface area contributed by atoms with Gasteiger partial charge in [-0.1, -0.05) is 25.3 Å². The molecule has 1 atom stereocenters. The third-order valence-electron chi connectivity index (χ3n) is 4.73. The molecule has 1 aliphatic carbocycles. The summed E-state index contributed by atoms with van der Waals surface area (Å²) in [5.74, 6) is -2.50. The van der Waals surface area contributed by atoms with Crippen LogP contribution in [0, 0.1) is 0 Å². The Balaban J connectivity index is 1.91. The zero-order valence-corrected chi connectivity index (χ0v) is 15.9. The molecule has 1 saturated carbocycles. The van der Waals surface area contributed by atoms with Gasteiger partial charge in [0.2, 0.25) is 5.91 Å². The number of thiophene rings is 1. The summed E-state index contributed by atoms with van der Waals surface area (Å²) >= 11 is 1.14. The molecule has 1 aliphatic rings. The lowest BCUT2D eigenvalue weighted by atomic mass is 9.95. The predicted octanol–water partition coefficient (Wildman–Crippen LogP) is 4.42. The number of nitrogens with zero attached hydrogens (tertiary/aromatic N) is 1. The zero-order chi connectivity index (χ0) is 20.1. The number of furan rings is 1. The van der Waals surface area contributed by atoms with Gasteiger partial charge in [-0.3, -0.25) is 9.59 Å². The second-order valence-corrected chi connectivity index (χ2v) is 7.75. The largest absolute Gasteiger partial charge is 0.471 e. The number of nitrogens with one attached hydrogen (secondary N) is 1. The molecule has 2 amide bonds. The Morgan fingerprint density at radius 1 is 1.21 bits per heavy atom. The molecule has 3 rings (SSSR count). The second-order valence-electron chi connectivity index (χ2n) is 6.77. The average Bonchev–Trinajstić information content (AvgIpc) is 3.35. The highest BCUT2D eigenvalue weighted by atomic mass is 32.1. The molecule has 0 unspecified atom stereocenters. The van der Waals surface area contributed by atoms with E-state index in [9.17, 15) is 22.8 Å². The van der Waals surface area contributed by atoms with Gasteiger partial charge in [0.1, 0.15) is 11.8 Å². The van der Waals surface area contributed by atoms with E-state index in [2.05, 4.69) is 5.32 Å². The smallest absolute Gasteiger partial charge is 0.467 e. The number of amides is 2. The monoisotopic (exact) mass is 414 g/mol. The van der Waals surface area contributed by atoms with Crippen LogP contribution in [-0.2, 0) is 16.1 Å². The lowest BCUT2D eigenvalue weighted by Crippen LogP contribution is -2.49. The minimum Gasteiger partial charge on any atom is -0.467 e. The molecule has 1 fully saturated rings. The van der Waals surface area contributed by atoms with E-state index in [1.165, 1.54) is 18.4 Å². The number of halogens is 3. The van der Waals surface area contributed by atoms with Gasteiger partial charge in [0.05, 0.1) is 12.8 Å². The first kappa shape index (κ1) is 20.4. The van der Waals surface area contributed by atoms with Crippen molar-refractivity contribution in [3.05, 3.63) is 46.5 Å². The minimum atomic E-state index is -5.10. The molecule has 1 N–H and O–H groups in total. The maximum atomic E-state index is 13.3. The van der Waals surface area contributed by atoms with E-state index < -0.39 is 30.6 Å². The average molecular weight is 414 g/mol. The summed E-state index contributed by atoms with van der Waals surface area (Å²) in [5.41, 5.74) is 0. The number of alkyl halides is 3. The van der Waals surface area contributed by atoms with E-state index in [1.54, 1.807) is 17.5 Å². The van der Waals surface area contributed by atoms with Gasteiger partial charge in [-0.15, -0.1) is 11.3 Å². The Bertz CT molecular complexity index is 769. The summed E-state index contributed by atoms with van der Waals surface area (Å²) in [5, 5.41) is 4.52. The summed E-state index contributed by atoms with van der Waals surface area (Å²) in [7, 11) is 0. The van der Waals surface area contributed by atoms with Crippen molar-refractivity contribution in [1.29, 1.82) is 0 Å². The van der Waals surface area contributed by atoms with Crippen LogP contribution in [0.1, 0.15) is 48.8 Å². The van der Waals surface area contributed by atoms with Gasteiger partial charge in [-0.05, 0) is 36.4 Å². The first-order valence-corrected chi connectivity index (χ1v) is 9.98. The summed E-state index contributed by atoms with van der Waals surface area (Å²) in [4.78, 5) is 26.1. The fraction of sp³-hybridized carbons (Fsp3) is 0.474. The third-order valence-corrected chi connectivity index (χ3v) is 5.66. The molecule has 152 valence electrons. The highest BCUT2D eigenvalue weighted by Crippen LogP contribution is 2.32. The van der Waals surface area contributed by atoms with Crippen molar-refractivity contribution in [1.82, 2.24) is 10.2 Å². The molecular formula is C19H21F3N2O3S. The van der Waals surface area contributed by atoms with Crippen LogP contribution in [0.5, 0.6) is 0 Å². The Labute approximate surface area is 164 Å². The van der Waals surface area contributed by atoms with Crippen LogP contribution < -0.4 is 5.32 Å². The van der Waals surface area contributed by atoms with Crippen molar-refractivity contribution in [3.63, 3.8) is 0 Å². The van der Waals surface area contributed by atoms with E-state index in [0.29, 0.717) is 9.78 Å². The molecule has 0 spiro atoms. The van der Waals surface area contributed by atoms with Gasteiger partial charge >= 0.3 is 12.1 Å². The summed E-state index contributed by atoms with van der Waals surface area (Å²) < 4.78 is 45.0. The predicted molar refractivity (Wildman–Crippen MR) is 97.4 cm³/mol. The van der Waals surface area contributed by atoms with Gasteiger partial charge in [0.25, 0.3) is 0 Å². The third kappa shape index (κ3) is 4.95. The fourth-order valence-electron chi connectivity index (χ4n) is 3.41. The number of carbonyl (C=O) groups is 2. The van der Waals surface area contributed by atoms with Crippen molar-refractivity contribution in [2.24, 2.45) is 0 Å². The zero-order valence-electron chi connectivity index (χ0n) is 15.1. The maximum Gasteiger partial charge on any atom is 0.471 e. The van der Waals surface area contributed by atoms with Crippen molar-refractivity contribution in [3.8, 4) is 0 Å². The van der Waals surface area contributed by atoms with Crippen LogP contribution >= 0.6 is 11.3 Å². The quantitative estimate of drug-likeness (QED) is 0.761. The van der Waals surface area contributed by atoms with Gasteiger partial charge in [-0.25, -0.2) is 0 Å². The molecule has 2 heterocycles. The highest BCUT2D eigenvalue weighted by molar-refractivity contribution is 7.10. The summed E-state index contributed by atoms with van der Waals surface area (Å²) in [6.07, 6.45) is 0.792. The first-order valence-electron chi connectivity index (χ1n) is 9.10. The highest BCUT2D eigenvalue weighted by Gasteiger charge is 2.47. The summed E-state index contributed by atoms with van der Waals surface area (Å²) in [6, 6.07) is 4.74. The molecule has 0 aromatic carbocycles. The van der Waals surface area contributed by atoms with Crippen molar-refractivity contribution in [2.75, 3.05) is 0 Å². The molecular weight excluding hydrogens is 393 g/mol. The van der Waals surface area contributed by atoms with Crippen molar-refractivity contribution < 1.29 is 27.2 Å². The van der Waals surface area contributed by atoms with Crippen LogP contribution in [-0.4, -0.2) is 28.9 Å². The van der Waals surface area contributed by atoms with Gasteiger partial charge < -0.3 is 14.6 Å². The number of rotatable bonds is 6. The van der Waals surface area contributed by atoms with Crippen LogP contribution in [0.25, 0.3) is 0 Å². The van der Waals surface area contributed by atoms with E-state index in [4.69, 9.17) is 4.42 Å². The van der Waals surface area contributed by atoms with Gasteiger partial charge in [0, 0.05) is 10.9 Å². The lowest BCUT2D eigenvalue weighted by Gasteiger charge is -2.32. The fourth-order valence-corrected chi connectivity index (χ4v) is 4.25. The van der Waals surface area contributed by atoms with Crippen LogP contribution in [0.2, 0.25) is 0 Å². The molecule has 2 aromatic heterocycles. The molecule has 28 heavy (non-hydrogen) atoms. The van der Waals surface area contributed by atoms with Gasteiger partial charge in [0.15, 0.2) is 0 Å². The molecule has 0 aliphatic heterocycles. The normalized spacial score (nSPS) is 16.5. The number of hydrogen-bond donors (Lipinski definition) is 1. The van der Waals surface area contributed by atoms with E-state index in [1.807, 2.05) is 0 Å². The topological polar surface area (TPSA) is 62.6 Å². The molecule has 0 bridgehead atoms. The van der Waals surface area contributed by atoms with Gasteiger partial charge in [-0.2, -0.15) is 13.2 Å². The lowest BCUT2D eigenvalue weighted by molar-refractivity contribution is -0.189. The van der Waals surface area contributed by atoms with Crippen LogP contribution in [0.4, 0.5) is 13.2 Å². The van der Waals surface area contributed by atoms with E-state index in [-0.39, 0.29) is 11.8 Å². The van der Waals surface area contributed by atoms with Crippen molar-refractivity contribution >= 4 is 23.2 Å². The standard InChI is InChI=1S/C19H21F3N2O3S/c20-19(21,22)18(26)24(12-14-8-4-10-27-14)16(15-9-5-11-28-15)17(25)23-13-6-2-1-3-7-13/h4-5,8-11,13,16H,1-3,6-7,12H2,(H,23,25)/t16-/m0/s1. The Morgan fingerprint density at radius 3 is 2.54 bits per heavy atom. The molecule has 0 radical (unpaired) electrons. The van der Waals surface area contributed by atoms with E-state index >= 15 is 0 Å². The molecule has 0 saturated heterocycles. The Morgan fingerprint density at radius 2 is 1.96 bits per heavy atom. The number of carbonyl (C=O) groups excluding carboxylic acids is 2. The Hall–Kier alpha value is -2.29. The van der Waals surface area contributed by atoms with Crippen LogP contribution in [0.15, 0.2) is 40.3 Å². The number of hydrogen-bond acceptors (Lipinski definition) is 4. The van der Waals surface area contributed by atoms with E-state index in [0.717, 1.165) is 43.4 Å².